The first-order valence-electron chi connectivity index (χ1n) is 5.99. The minimum Gasteiger partial charge on any atom is -0.397 e. The summed E-state index contributed by atoms with van der Waals surface area (Å²) in [5.41, 5.74) is 6.41. The Balaban J connectivity index is 2.58. The van der Waals surface area contributed by atoms with Crippen molar-refractivity contribution in [3.63, 3.8) is 0 Å². The Labute approximate surface area is 106 Å². The molecule has 0 spiro atoms. The van der Waals surface area contributed by atoms with Crippen LogP contribution in [-0.2, 0) is 0 Å². The highest BCUT2D eigenvalue weighted by atomic mass is 19.3. The highest BCUT2D eigenvalue weighted by Gasteiger charge is 2.11. The van der Waals surface area contributed by atoms with Gasteiger partial charge in [-0.05, 0) is 24.5 Å². The lowest BCUT2D eigenvalue weighted by molar-refractivity contribution is 0.151. The van der Waals surface area contributed by atoms with Gasteiger partial charge in [-0.15, -0.1) is 0 Å². The van der Waals surface area contributed by atoms with Gasteiger partial charge in [-0.2, -0.15) is 0 Å². The first-order valence-corrected chi connectivity index (χ1v) is 5.99. The minimum absolute atomic E-state index is 0.0965. The molecule has 0 aromatic heterocycles. The van der Waals surface area contributed by atoms with Crippen molar-refractivity contribution in [2.75, 3.05) is 17.6 Å². The maximum absolute atomic E-state index is 12.4. The molecule has 1 atom stereocenters. The molecule has 0 fully saturated rings. The fourth-order valence-electron chi connectivity index (χ4n) is 1.73. The second-order valence-corrected chi connectivity index (χ2v) is 4.81. The van der Waals surface area contributed by atoms with Gasteiger partial charge >= 0.3 is 0 Å². The number of rotatable bonds is 6. The van der Waals surface area contributed by atoms with E-state index in [2.05, 4.69) is 5.32 Å². The quantitative estimate of drug-likeness (QED) is 0.687. The molecule has 5 heteroatoms. The largest absolute Gasteiger partial charge is 0.397 e. The van der Waals surface area contributed by atoms with E-state index in [9.17, 15) is 13.9 Å². The fraction of sp³-hybridized carbons (Fsp3) is 0.538. The zero-order valence-electron chi connectivity index (χ0n) is 10.7. The molecule has 0 bridgehead atoms. The second kappa shape index (κ2) is 6.54. The van der Waals surface area contributed by atoms with Crippen LogP contribution in [-0.4, -0.2) is 17.8 Å². The van der Waals surface area contributed by atoms with Gasteiger partial charge < -0.3 is 16.2 Å². The standard InChI is InChI=1S/C13H20F2N2O/c1-8(2)5-10(18)7-17-12-4-3-9(13(14)15)6-11(12)16/h3-4,6,8,10,13,17-18H,5,7,16H2,1-2H3. The number of alkyl halides is 2. The number of aliphatic hydroxyl groups excluding tert-OH is 1. The molecular formula is C13H20F2N2O. The van der Waals surface area contributed by atoms with Crippen LogP contribution in [0.15, 0.2) is 18.2 Å². The molecule has 0 aliphatic carbocycles. The van der Waals surface area contributed by atoms with Gasteiger partial charge in [-0.25, -0.2) is 8.78 Å². The highest BCUT2D eigenvalue weighted by molar-refractivity contribution is 5.67. The zero-order valence-corrected chi connectivity index (χ0v) is 10.7. The number of benzene rings is 1. The molecule has 0 amide bonds. The van der Waals surface area contributed by atoms with E-state index in [0.717, 1.165) is 0 Å². The van der Waals surface area contributed by atoms with Gasteiger partial charge in [0.05, 0.1) is 17.5 Å². The molecular weight excluding hydrogens is 238 g/mol. The van der Waals surface area contributed by atoms with Gasteiger partial charge in [0, 0.05) is 12.1 Å². The summed E-state index contributed by atoms with van der Waals surface area (Å²) < 4.78 is 24.8. The van der Waals surface area contributed by atoms with Crippen LogP contribution in [0.4, 0.5) is 20.2 Å². The van der Waals surface area contributed by atoms with Gasteiger partial charge in [0.1, 0.15) is 0 Å². The van der Waals surface area contributed by atoms with E-state index < -0.39 is 12.5 Å². The summed E-state index contributed by atoms with van der Waals surface area (Å²) in [6.07, 6.45) is -2.31. The zero-order chi connectivity index (χ0) is 13.7. The van der Waals surface area contributed by atoms with Crippen molar-refractivity contribution in [1.29, 1.82) is 0 Å². The fourth-order valence-corrected chi connectivity index (χ4v) is 1.73. The van der Waals surface area contributed by atoms with Crippen molar-refractivity contribution < 1.29 is 13.9 Å². The summed E-state index contributed by atoms with van der Waals surface area (Å²) in [7, 11) is 0. The van der Waals surface area contributed by atoms with Crippen molar-refractivity contribution in [1.82, 2.24) is 0 Å². The van der Waals surface area contributed by atoms with E-state index in [4.69, 9.17) is 5.73 Å². The monoisotopic (exact) mass is 258 g/mol. The van der Waals surface area contributed by atoms with E-state index in [0.29, 0.717) is 24.6 Å². The maximum atomic E-state index is 12.4. The molecule has 1 unspecified atom stereocenters. The predicted molar refractivity (Wildman–Crippen MR) is 69.8 cm³/mol. The van der Waals surface area contributed by atoms with Crippen LogP contribution in [0.2, 0.25) is 0 Å². The average Bonchev–Trinajstić information content (AvgIpc) is 2.26. The Morgan fingerprint density at radius 1 is 1.33 bits per heavy atom. The maximum Gasteiger partial charge on any atom is 0.263 e. The molecule has 0 radical (unpaired) electrons. The second-order valence-electron chi connectivity index (χ2n) is 4.81. The van der Waals surface area contributed by atoms with E-state index in [1.807, 2.05) is 13.8 Å². The Morgan fingerprint density at radius 3 is 2.50 bits per heavy atom. The van der Waals surface area contributed by atoms with Crippen molar-refractivity contribution in [2.24, 2.45) is 5.92 Å². The number of hydrogen-bond donors (Lipinski definition) is 3. The van der Waals surface area contributed by atoms with Crippen molar-refractivity contribution in [2.45, 2.75) is 32.8 Å². The number of aliphatic hydroxyl groups is 1. The predicted octanol–water partition coefficient (Wildman–Crippen LogP) is 3.03. The lowest BCUT2D eigenvalue weighted by Gasteiger charge is -2.16. The number of nitrogens with one attached hydrogen (secondary N) is 1. The highest BCUT2D eigenvalue weighted by Crippen LogP contribution is 2.26. The molecule has 4 N–H and O–H groups in total. The summed E-state index contributed by atoms with van der Waals surface area (Å²) in [6.45, 7) is 4.40. The van der Waals surface area contributed by atoms with Crippen LogP contribution in [0.25, 0.3) is 0 Å². The summed E-state index contributed by atoms with van der Waals surface area (Å²) in [5, 5.41) is 12.7. The molecule has 0 saturated carbocycles. The molecule has 0 aliphatic rings. The smallest absolute Gasteiger partial charge is 0.263 e. The van der Waals surface area contributed by atoms with Crippen LogP contribution in [0.5, 0.6) is 0 Å². The van der Waals surface area contributed by atoms with Crippen LogP contribution in [0.1, 0.15) is 32.3 Å². The summed E-state index contributed by atoms with van der Waals surface area (Å²) >= 11 is 0. The van der Waals surface area contributed by atoms with Crippen LogP contribution in [0.3, 0.4) is 0 Å². The van der Waals surface area contributed by atoms with Gasteiger partial charge in [-0.3, -0.25) is 0 Å². The third kappa shape index (κ3) is 4.49. The summed E-state index contributed by atoms with van der Waals surface area (Å²) in [4.78, 5) is 0. The first kappa shape index (κ1) is 14.7. The molecule has 3 nitrogen and oxygen atoms in total. The van der Waals surface area contributed by atoms with E-state index in [-0.39, 0.29) is 11.3 Å². The lowest BCUT2D eigenvalue weighted by Crippen LogP contribution is -2.21. The Kier molecular flexibility index (Phi) is 5.34. The molecule has 1 aromatic carbocycles. The molecule has 1 aromatic rings. The number of nitrogens with two attached hydrogens (primary N) is 1. The van der Waals surface area contributed by atoms with Crippen LogP contribution >= 0.6 is 0 Å². The lowest BCUT2D eigenvalue weighted by atomic mass is 10.1. The number of nitrogen functional groups attached to an aromatic ring is 1. The number of anilines is 2. The Morgan fingerprint density at radius 2 is 2.00 bits per heavy atom. The number of hydrogen-bond acceptors (Lipinski definition) is 3. The van der Waals surface area contributed by atoms with E-state index in [1.165, 1.54) is 18.2 Å². The summed E-state index contributed by atoms with van der Waals surface area (Å²) in [5.74, 6) is 0.403. The van der Waals surface area contributed by atoms with Crippen molar-refractivity contribution in [3.05, 3.63) is 23.8 Å². The Bertz CT molecular complexity index is 383. The average molecular weight is 258 g/mol. The molecule has 18 heavy (non-hydrogen) atoms. The van der Waals surface area contributed by atoms with Gasteiger partial charge in [-0.1, -0.05) is 19.9 Å². The molecule has 0 saturated heterocycles. The van der Waals surface area contributed by atoms with Crippen LogP contribution in [0, 0.1) is 5.92 Å². The Hall–Kier alpha value is -1.36. The van der Waals surface area contributed by atoms with Crippen LogP contribution < -0.4 is 11.1 Å². The van der Waals surface area contributed by atoms with Crippen molar-refractivity contribution >= 4 is 11.4 Å². The molecule has 102 valence electrons. The van der Waals surface area contributed by atoms with Gasteiger partial charge in [0.2, 0.25) is 0 Å². The molecule has 0 heterocycles. The van der Waals surface area contributed by atoms with Gasteiger partial charge in [0.25, 0.3) is 6.43 Å². The number of halogens is 2. The third-order valence-corrected chi connectivity index (χ3v) is 2.60. The normalized spacial score (nSPS) is 13.1. The third-order valence-electron chi connectivity index (χ3n) is 2.60. The first-order chi connectivity index (χ1) is 8.40. The minimum atomic E-state index is -2.52. The topological polar surface area (TPSA) is 58.3 Å². The molecule has 1 rings (SSSR count). The molecule has 0 aliphatic heterocycles. The van der Waals surface area contributed by atoms with Crippen molar-refractivity contribution in [3.8, 4) is 0 Å². The van der Waals surface area contributed by atoms with Gasteiger partial charge in [0.15, 0.2) is 0 Å². The van der Waals surface area contributed by atoms with E-state index in [1.54, 1.807) is 0 Å². The van der Waals surface area contributed by atoms with E-state index >= 15 is 0 Å². The SMILES string of the molecule is CC(C)CC(O)CNc1ccc(C(F)F)cc1N. The summed E-state index contributed by atoms with van der Waals surface area (Å²) in [6, 6.07) is 4.10.